The van der Waals surface area contributed by atoms with E-state index in [4.69, 9.17) is 0 Å². The van der Waals surface area contributed by atoms with E-state index in [-0.39, 0.29) is 17.9 Å². The van der Waals surface area contributed by atoms with Crippen molar-refractivity contribution in [3.63, 3.8) is 0 Å². The van der Waals surface area contributed by atoms with Crippen molar-refractivity contribution in [3.8, 4) is 0 Å². The number of nitrogens with one attached hydrogen (secondary N) is 2. The van der Waals surface area contributed by atoms with Gasteiger partial charge in [0, 0.05) is 26.6 Å². The van der Waals surface area contributed by atoms with Crippen LogP contribution in [-0.2, 0) is 9.59 Å². The van der Waals surface area contributed by atoms with Gasteiger partial charge >= 0.3 is 0 Å². The molecule has 0 spiro atoms. The normalized spacial score (nSPS) is 20.7. The first-order chi connectivity index (χ1) is 6.65. The maximum atomic E-state index is 11.7. The first-order valence-electron chi connectivity index (χ1n) is 4.84. The van der Waals surface area contributed by atoms with Crippen molar-refractivity contribution in [1.29, 1.82) is 0 Å². The summed E-state index contributed by atoms with van der Waals surface area (Å²) in [6.45, 7) is 1.44. The van der Waals surface area contributed by atoms with E-state index in [1.54, 1.807) is 11.9 Å². The number of carbonyl (C=O) groups is 2. The Morgan fingerprint density at radius 3 is 2.93 bits per heavy atom. The quantitative estimate of drug-likeness (QED) is 0.607. The van der Waals surface area contributed by atoms with E-state index < -0.39 is 0 Å². The Morgan fingerprint density at radius 1 is 1.71 bits per heavy atom. The van der Waals surface area contributed by atoms with Crippen LogP contribution in [0.5, 0.6) is 0 Å². The van der Waals surface area contributed by atoms with Gasteiger partial charge in [-0.1, -0.05) is 0 Å². The first kappa shape index (κ1) is 11.0. The second kappa shape index (κ2) is 4.95. The molecule has 0 aliphatic carbocycles. The summed E-state index contributed by atoms with van der Waals surface area (Å²) in [4.78, 5) is 24.2. The highest BCUT2D eigenvalue weighted by molar-refractivity contribution is 5.90. The fourth-order valence-electron chi connectivity index (χ4n) is 1.46. The maximum absolute atomic E-state index is 11.7. The van der Waals surface area contributed by atoms with Gasteiger partial charge in [0.2, 0.25) is 11.8 Å². The summed E-state index contributed by atoms with van der Waals surface area (Å²) in [5, 5.41) is 5.63. The number of carbonyl (C=O) groups excluding carboxylic acids is 2. The predicted octanol–water partition coefficient (Wildman–Crippen LogP) is -1.06. The summed E-state index contributed by atoms with van der Waals surface area (Å²) in [6, 6.07) is -0.302. The molecule has 1 aliphatic rings. The van der Waals surface area contributed by atoms with Gasteiger partial charge in [-0.3, -0.25) is 9.59 Å². The molecule has 1 heterocycles. The molecule has 1 fully saturated rings. The van der Waals surface area contributed by atoms with E-state index in [2.05, 4.69) is 10.6 Å². The van der Waals surface area contributed by atoms with Crippen molar-refractivity contribution >= 4 is 11.8 Å². The molecule has 1 unspecified atom stereocenters. The number of hydrogen-bond donors (Lipinski definition) is 2. The lowest BCUT2D eigenvalue weighted by atomic mass is 10.2. The Kier molecular flexibility index (Phi) is 3.88. The number of likely N-dealkylation sites (N-methyl/N-ethyl adjacent to an activating group) is 2. The SMILES string of the molecule is CNCCN(C)C(=O)C1CCC(=O)N1. The van der Waals surface area contributed by atoms with Crippen LogP contribution in [0.2, 0.25) is 0 Å². The maximum Gasteiger partial charge on any atom is 0.244 e. The molecule has 0 bridgehead atoms. The summed E-state index contributed by atoms with van der Waals surface area (Å²) < 4.78 is 0. The molecule has 0 aromatic carbocycles. The molecule has 5 nitrogen and oxygen atoms in total. The second-order valence-electron chi connectivity index (χ2n) is 3.52. The Balaban J connectivity index is 2.36. The van der Waals surface area contributed by atoms with E-state index in [9.17, 15) is 9.59 Å². The van der Waals surface area contributed by atoms with Crippen molar-refractivity contribution in [2.24, 2.45) is 0 Å². The molecule has 0 radical (unpaired) electrons. The van der Waals surface area contributed by atoms with E-state index in [0.717, 1.165) is 6.54 Å². The molecular formula is C9H17N3O2. The van der Waals surface area contributed by atoms with Gasteiger partial charge in [-0.25, -0.2) is 0 Å². The van der Waals surface area contributed by atoms with Gasteiger partial charge in [-0.05, 0) is 13.5 Å². The van der Waals surface area contributed by atoms with Crippen LogP contribution >= 0.6 is 0 Å². The molecule has 0 saturated carbocycles. The van der Waals surface area contributed by atoms with Crippen LogP contribution in [0.25, 0.3) is 0 Å². The van der Waals surface area contributed by atoms with Crippen molar-refractivity contribution in [3.05, 3.63) is 0 Å². The van der Waals surface area contributed by atoms with Crippen molar-refractivity contribution in [2.45, 2.75) is 18.9 Å². The van der Waals surface area contributed by atoms with Crippen molar-refractivity contribution in [2.75, 3.05) is 27.2 Å². The fraction of sp³-hybridized carbons (Fsp3) is 0.778. The minimum Gasteiger partial charge on any atom is -0.344 e. The monoisotopic (exact) mass is 199 g/mol. The molecule has 2 N–H and O–H groups in total. The molecule has 14 heavy (non-hydrogen) atoms. The van der Waals surface area contributed by atoms with Crippen LogP contribution in [0.4, 0.5) is 0 Å². The van der Waals surface area contributed by atoms with Crippen molar-refractivity contribution in [1.82, 2.24) is 15.5 Å². The zero-order valence-corrected chi connectivity index (χ0v) is 8.67. The third kappa shape index (κ3) is 2.70. The first-order valence-corrected chi connectivity index (χ1v) is 4.84. The predicted molar refractivity (Wildman–Crippen MR) is 52.7 cm³/mol. The van der Waals surface area contributed by atoms with Gasteiger partial charge in [0.15, 0.2) is 0 Å². The Morgan fingerprint density at radius 2 is 2.43 bits per heavy atom. The van der Waals surface area contributed by atoms with Gasteiger partial charge in [-0.15, -0.1) is 0 Å². The molecule has 1 aliphatic heterocycles. The van der Waals surface area contributed by atoms with Gasteiger partial charge in [0.25, 0.3) is 0 Å². The van der Waals surface area contributed by atoms with Crippen molar-refractivity contribution < 1.29 is 9.59 Å². The highest BCUT2D eigenvalue weighted by Crippen LogP contribution is 2.08. The van der Waals surface area contributed by atoms with Crippen LogP contribution < -0.4 is 10.6 Å². The molecule has 1 saturated heterocycles. The highest BCUT2D eigenvalue weighted by atomic mass is 16.2. The van der Waals surface area contributed by atoms with E-state index in [1.807, 2.05) is 7.05 Å². The highest BCUT2D eigenvalue weighted by Gasteiger charge is 2.28. The smallest absolute Gasteiger partial charge is 0.244 e. The molecule has 0 aromatic rings. The van der Waals surface area contributed by atoms with Gasteiger partial charge in [0.1, 0.15) is 6.04 Å². The number of amides is 2. The molecule has 0 aromatic heterocycles. The fourth-order valence-corrected chi connectivity index (χ4v) is 1.46. The lowest BCUT2D eigenvalue weighted by molar-refractivity contribution is -0.133. The summed E-state index contributed by atoms with van der Waals surface area (Å²) >= 11 is 0. The third-order valence-electron chi connectivity index (χ3n) is 2.37. The van der Waals surface area contributed by atoms with E-state index in [1.165, 1.54) is 0 Å². The van der Waals surface area contributed by atoms with Crippen LogP contribution in [0, 0.1) is 0 Å². The summed E-state index contributed by atoms with van der Waals surface area (Å²) in [5.41, 5.74) is 0. The van der Waals surface area contributed by atoms with Crippen LogP contribution in [0.3, 0.4) is 0 Å². The Bertz CT molecular complexity index is 230. The van der Waals surface area contributed by atoms with E-state index >= 15 is 0 Å². The minimum absolute atomic E-state index is 0.00565. The van der Waals surface area contributed by atoms with Gasteiger partial charge in [0.05, 0.1) is 0 Å². The van der Waals surface area contributed by atoms with Crippen LogP contribution in [0.1, 0.15) is 12.8 Å². The van der Waals surface area contributed by atoms with Gasteiger partial charge in [-0.2, -0.15) is 0 Å². The molecule has 1 rings (SSSR count). The lowest BCUT2D eigenvalue weighted by Crippen LogP contribution is -2.44. The summed E-state index contributed by atoms with van der Waals surface area (Å²) in [7, 11) is 3.60. The molecule has 5 heteroatoms. The largest absolute Gasteiger partial charge is 0.344 e. The summed E-state index contributed by atoms with van der Waals surface area (Å²) in [5.74, 6) is -0.0172. The molecule has 2 amide bonds. The van der Waals surface area contributed by atoms with Gasteiger partial charge < -0.3 is 15.5 Å². The zero-order valence-electron chi connectivity index (χ0n) is 8.67. The lowest BCUT2D eigenvalue weighted by Gasteiger charge is -2.20. The third-order valence-corrected chi connectivity index (χ3v) is 2.37. The summed E-state index contributed by atoms with van der Waals surface area (Å²) in [6.07, 6.45) is 1.10. The molecule has 1 atom stereocenters. The Labute approximate surface area is 83.8 Å². The zero-order chi connectivity index (χ0) is 10.6. The number of rotatable bonds is 4. The topological polar surface area (TPSA) is 61.4 Å². The van der Waals surface area contributed by atoms with E-state index in [0.29, 0.717) is 19.4 Å². The molecular weight excluding hydrogens is 182 g/mol. The van der Waals surface area contributed by atoms with Crippen LogP contribution in [-0.4, -0.2) is 49.9 Å². The average molecular weight is 199 g/mol. The standard InChI is InChI=1S/C9H17N3O2/c1-10-5-6-12(2)9(14)7-3-4-8(13)11-7/h7,10H,3-6H2,1-2H3,(H,11,13). The number of nitrogens with zero attached hydrogens (tertiary/aromatic N) is 1. The minimum atomic E-state index is -0.302. The molecule has 80 valence electrons. The number of hydrogen-bond acceptors (Lipinski definition) is 3. The second-order valence-corrected chi connectivity index (χ2v) is 3.52. The average Bonchev–Trinajstić information content (AvgIpc) is 2.60. The Hall–Kier alpha value is -1.10. The van der Waals surface area contributed by atoms with Crippen LogP contribution in [0.15, 0.2) is 0 Å².